The van der Waals surface area contributed by atoms with Gasteiger partial charge < -0.3 is 35.4 Å². The second-order valence-electron chi connectivity index (χ2n) is 3.94. The van der Waals surface area contributed by atoms with E-state index in [1.807, 2.05) is 0 Å². The van der Waals surface area contributed by atoms with Crippen molar-refractivity contribution in [3.8, 4) is 0 Å². The fourth-order valence-electron chi connectivity index (χ4n) is 1.21. The van der Waals surface area contributed by atoms with E-state index in [9.17, 15) is 24.9 Å². The van der Waals surface area contributed by atoms with Crippen LogP contribution in [0, 0.1) is 0 Å². The third-order valence-electron chi connectivity index (χ3n) is 2.34. The summed E-state index contributed by atoms with van der Waals surface area (Å²) in [6.45, 7) is -1.11. The van der Waals surface area contributed by atoms with Gasteiger partial charge in [0.1, 0.15) is 18.3 Å². The lowest BCUT2D eigenvalue weighted by molar-refractivity contribution is -0.167. The van der Waals surface area contributed by atoms with Crippen LogP contribution in [-0.2, 0) is 14.3 Å². The molecule has 6 N–H and O–H groups in total. The topological polar surface area (TPSA) is 165 Å². The van der Waals surface area contributed by atoms with Gasteiger partial charge in [-0.15, -0.1) is 0 Å². The van der Waals surface area contributed by atoms with Gasteiger partial charge in [-0.1, -0.05) is 6.55 Å². The molecule has 0 unspecified atom stereocenters. The fraction of sp³-hybridized carbons (Fsp3) is 0.636. The molecule has 9 nitrogen and oxygen atoms in total. The van der Waals surface area contributed by atoms with Gasteiger partial charge in [0.2, 0.25) is 1.43 Å². The molecule has 9 heteroatoms. The van der Waals surface area contributed by atoms with E-state index in [1.54, 1.807) is 0 Å². The van der Waals surface area contributed by atoms with Crippen LogP contribution in [0.2, 0.25) is 0 Å². The number of hydrogen-bond acceptors (Lipinski definition) is 8. The van der Waals surface area contributed by atoms with Gasteiger partial charge in [0.05, 0.1) is 21.0 Å². The van der Waals surface area contributed by atoms with Gasteiger partial charge >= 0.3 is 11.9 Å². The molecule has 0 aliphatic heterocycles. The van der Waals surface area contributed by atoms with Gasteiger partial charge in [-0.05, 0) is 0 Å². The minimum Gasteiger partial charge on any atom is -0.481 e. The van der Waals surface area contributed by atoms with E-state index < -0.39 is 61.6 Å². The summed E-state index contributed by atoms with van der Waals surface area (Å²) < 4.78 is 18.2. The third-order valence-corrected chi connectivity index (χ3v) is 2.34. The second-order valence-corrected chi connectivity index (χ2v) is 3.94. The molecule has 0 bridgehead atoms. The van der Waals surface area contributed by atoms with E-state index in [1.165, 1.54) is 0 Å². The van der Waals surface area contributed by atoms with Crippen LogP contribution in [0.5, 0.6) is 0 Å². The molecule has 0 spiro atoms. The lowest BCUT2D eigenvalue weighted by Crippen LogP contribution is -2.48. The van der Waals surface area contributed by atoms with E-state index in [-0.39, 0.29) is 0 Å². The number of carbonyl (C=O) groups excluding carboxylic acids is 1. The third kappa shape index (κ3) is 5.63. The van der Waals surface area contributed by atoms with Crippen molar-refractivity contribution >= 4 is 11.9 Å². The maximum Gasteiger partial charge on any atom is 0.334 e. The lowest BCUT2D eigenvalue weighted by atomic mass is 10.0. The van der Waals surface area contributed by atoms with Crippen molar-refractivity contribution < 1.29 is 46.3 Å². The standard InChI is InChI=1S/C11H18O9/c1-5(2-8(15)16)11(19)20-7(4-13)10(18)9(17)6(14)3-12/h6-7,9-10,12-14,17-18H,1-4H2,(H,15,16)/t6-,7+,9-,10-/m1/s1/i1D,13D. The van der Waals surface area contributed by atoms with Crippen molar-refractivity contribution in [2.75, 3.05) is 13.2 Å². The molecule has 0 aromatic carbocycles. The molecule has 0 saturated heterocycles. The van der Waals surface area contributed by atoms with E-state index >= 15 is 0 Å². The summed E-state index contributed by atoms with van der Waals surface area (Å²) in [5, 5.41) is 49.7. The minimum atomic E-state index is -1.91. The maximum absolute atomic E-state index is 11.7. The number of carbonyl (C=O) groups is 2. The zero-order chi connectivity index (χ0) is 17.3. The molecule has 116 valence electrons. The molecule has 0 heterocycles. The van der Waals surface area contributed by atoms with Gasteiger partial charge in [0.25, 0.3) is 0 Å². The Bertz CT molecular complexity index is 401. The SMILES string of the molecule is [2H]C=C(CC(=O)O)C(=O)O[C@@H](CO[2H])[C@@H](O)[C@H](O)[C@H](O)CO. The highest BCUT2D eigenvalue weighted by atomic mass is 16.6. The van der Waals surface area contributed by atoms with Crippen molar-refractivity contribution in [1.29, 1.82) is 1.43 Å². The van der Waals surface area contributed by atoms with Gasteiger partial charge in [-0.2, -0.15) is 0 Å². The molecule has 20 heavy (non-hydrogen) atoms. The first-order chi connectivity index (χ1) is 10.3. The highest BCUT2D eigenvalue weighted by Gasteiger charge is 2.33. The van der Waals surface area contributed by atoms with Crippen molar-refractivity contribution in [1.82, 2.24) is 0 Å². The Labute approximate surface area is 117 Å². The number of carboxylic acids is 1. The first-order valence-corrected chi connectivity index (χ1v) is 5.51. The maximum atomic E-state index is 11.7. The van der Waals surface area contributed by atoms with Crippen molar-refractivity contribution in [2.24, 2.45) is 0 Å². The molecule has 0 aliphatic rings. The van der Waals surface area contributed by atoms with Gasteiger partial charge in [0, 0.05) is 5.57 Å². The Balaban J connectivity index is 4.96. The monoisotopic (exact) mass is 296 g/mol. The van der Waals surface area contributed by atoms with Crippen molar-refractivity contribution in [3.05, 3.63) is 12.1 Å². The van der Waals surface area contributed by atoms with E-state index in [0.717, 1.165) is 0 Å². The van der Waals surface area contributed by atoms with Crippen LogP contribution < -0.4 is 0 Å². The Hall–Kier alpha value is -1.52. The molecule has 0 radical (unpaired) electrons. The van der Waals surface area contributed by atoms with Gasteiger partial charge in [-0.3, -0.25) is 4.79 Å². The van der Waals surface area contributed by atoms with Crippen LogP contribution in [0.3, 0.4) is 0 Å². The highest BCUT2D eigenvalue weighted by molar-refractivity contribution is 5.92. The molecule has 0 aromatic heterocycles. The molecule has 0 amide bonds. The minimum absolute atomic E-state index is 0.459. The molecule has 4 atom stereocenters. The number of carboxylic acid groups (broad SMARTS) is 1. The average molecular weight is 296 g/mol. The van der Waals surface area contributed by atoms with Crippen LogP contribution in [0.4, 0.5) is 0 Å². The summed E-state index contributed by atoms with van der Waals surface area (Å²) in [6, 6.07) is 0. The molecule has 0 saturated carbocycles. The van der Waals surface area contributed by atoms with E-state index in [4.69, 9.17) is 13.0 Å². The summed E-state index contributed by atoms with van der Waals surface area (Å²) in [5.74, 6) is -2.65. The Morgan fingerprint density at radius 3 is 2.35 bits per heavy atom. The number of aliphatic carboxylic acids is 1. The first kappa shape index (κ1) is 14.9. The molecule has 0 aliphatic carbocycles. The number of aliphatic hydroxyl groups excluding tert-OH is 5. The number of hydrogen-bond donors (Lipinski definition) is 6. The quantitative estimate of drug-likeness (QED) is 0.182. The zero-order valence-electron chi connectivity index (χ0n) is 12.4. The van der Waals surface area contributed by atoms with Crippen LogP contribution in [0.15, 0.2) is 12.1 Å². The average Bonchev–Trinajstić information content (AvgIpc) is 2.49. The molecule has 0 rings (SSSR count). The first-order valence-electron chi connectivity index (χ1n) is 6.50. The Morgan fingerprint density at radius 1 is 1.25 bits per heavy atom. The van der Waals surface area contributed by atoms with E-state index in [0.29, 0.717) is 6.55 Å². The summed E-state index contributed by atoms with van der Waals surface area (Å²) in [7, 11) is 0. The number of ether oxygens (including phenoxy) is 1. The van der Waals surface area contributed by atoms with Crippen LogP contribution in [0.1, 0.15) is 7.79 Å². The number of aliphatic hydroxyl groups is 5. The van der Waals surface area contributed by atoms with Crippen LogP contribution in [0.25, 0.3) is 0 Å². The molecule has 0 aromatic rings. The molecular weight excluding hydrogens is 276 g/mol. The lowest BCUT2D eigenvalue weighted by Gasteiger charge is -2.27. The second kappa shape index (κ2) is 8.61. The zero-order valence-corrected chi connectivity index (χ0v) is 10.4. The predicted molar refractivity (Wildman–Crippen MR) is 63.5 cm³/mol. The van der Waals surface area contributed by atoms with Crippen LogP contribution in [-0.4, -0.2) is 81.6 Å². The molecule has 0 fully saturated rings. The summed E-state index contributed by atoms with van der Waals surface area (Å²) in [5.41, 5.74) is -0.535. The summed E-state index contributed by atoms with van der Waals surface area (Å²) in [4.78, 5) is 22.2. The van der Waals surface area contributed by atoms with Crippen molar-refractivity contribution in [3.63, 3.8) is 0 Å². The Morgan fingerprint density at radius 2 is 1.90 bits per heavy atom. The smallest absolute Gasteiger partial charge is 0.334 e. The normalized spacial score (nSPS) is 19.3. The fourth-order valence-corrected chi connectivity index (χ4v) is 1.21. The van der Waals surface area contributed by atoms with Crippen molar-refractivity contribution in [2.45, 2.75) is 30.8 Å². The Kier molecular flexibility index (Phi) is 6.41. The largest absolute Gasteiger partial charge is 0.481 e. The predicted octanol–water partition coefficient (Wildman–Crippen LogP) is -3.00. The number of rotatable bonds is 10. The summed E-state index contributed by atoms with van der Waals surface area (Å²) in [6.07, 6.45) is -7.96. The van der Waals surface area contributed by atoms with Crippen LogP contribution >= 0.6 is 0 Å². The van der Waals surface area contributed by atoms with E-state index in [2.05, 4.69) is 9.85 Å². The van der Waals surface area contributed by atoms with Gasteiger partial charge in [-0.25, -0.2) is 4.79 Å². The summed E-state index contributed by atoms with van der Waals surface area (Å²) >= 11 is 0. The highest BCUT2D eigenvalue weighted by Crippen LogP contribution is 2.11. The van der Waals surface area contributed by atoms with Gasteiger partial charge in [0.15, 0.2) is 6.10 Å². The molecular formula is C11H18O9. The number of esters is 1.